The fourth-order valence-corrected chi connectivity index (χ4v) is 5.83. The lowest BCUT2D eigenvalue weighted by Gasteiger charge is -2.21. The molecule has 0 aliphatic heterocycles. The summed E-state index contributed by atoms with van der Waals surface area (Å²) >= 11 is 6.45. The number of esters is 1. The summed E-state index contributed by atoms with van der Waals surface area (Å²) in [5.41, 5.74) is 7.27. The number of benzene rings is 3. The Hall–Kier alpha value is -3.77. The number of aromatic nitrogens is 1. The summed E-state index contributed by atoms with van der Waals surface area (Å²) in [6.07, 6.45) is -0.144. The average molecular weight is 603 g/mol. The molecule has 6 nitrogen and oxygen atoms in total. The van der Waals surface area contributed by atoms with Crippen LogP contribution < -0.4 is 10.1 Å². The number of methoxy groups -OCH3 is 1. The van der Waals surface area contributed by atoms with Gasteiger partial charge in [0.2, 0.25) is 0 Å². The molecule has 43 heavy (non-hydrogen) atoms. The van der Waals surface area contributed by atoms with Gasteiger partial charge in [-0.3, -0.25) is 4.79 Å². The van der Waals surface area contributed by atoms with Crippen molar-refractivity contribution in [2.24, 2.45) is 0 Å². The normalized spacial score (nSPS) is 13.2. The minimum atomic E-state index is -0.754. The van der Waals surface area contributed by atoms with Gasteiger partial charge < -0.3 is 19.4 Å². The Balaban J connectivity index is 1.62. The predicted molar refractivity (Wildman–Crippen MR) is 174 cm³/mol. The van der Waals surface area contributed by atoms with Crippen LogP contribution in [0.4, 0.5) is 0 Å². The number of ether oxygens (including phenoxy) is 2. The van der Waals surface area contributed by atoms with Crippen LogP contribution in [0.3, 0.4) is 0 Å². The van der Waals surface area contributed by atoms with E-state index in [9.17, 15) is 9.59 Å². The number of carbonyl (C=O) groups is 2. The van der Waals surface area contributed by atoms with Crippen molar-refractivity contribution >= 4 is 34.4 Å². The number of rotatable bonds is 9. The van der Waals surface area contributed by atoms with E-state index in [-0.39, 0.29) is 23.4 Å². The highest BCUT2D eigenvalue weighted by Crippen LogP contribution is 2.33. The zero-order valence-corrected chi connectivity index (χ0v) is 27.4. The molecule has 4 aromatic rings. The second-order valence-electron chi connectivity index (χ2n) is 12.6. The molecule has 0 radical (unpaired) electrons. The number of amides is 1. The molecular formula is C36H43ClN2O4. The smallest absolute Gasteiger partial charge is 0.346 e. The molecule has 0 saturated carbocycles. The van der Waals surface area contributed by atoms with E-state index in [0.717, 1.165) is 33.3 Å². The first-order chi connectivity index (χ1) is 20.2. The van der Waals surface area contributed by atoms with Crippen molar-refractivity contribution < 1.29 is 19.1 Å². The molecule has 1 aromatic heterocycles. The number of hydrogen-bond acceptors (Lipinski definition) is 4. The highest BCUT2D eigenvalue weighted by Gasteiger charge is 2.21. The molecule has 1 N–H and O–H groups in total. The van der Waals surface area contributed by atoms with Crippen LogP contribution in [-0.2, 0) is 21.4 Å². The molecule has 0 aliphatic carbocycles. The topological polar surface area (TPSA) is 69.6 Å². The molecule has 2 atom stereocenters. The average Bonchev–Trinajstić information content (AvgIpc) is 3.21. The van der Waals surface area contributed by atoms with E-state index in [1.165, 1.54) is 12.7 Å². The maximum Gasteiger partial charge on any atom is 0.346 e. The Kier molecular flexibility index (Phi) is 9.60. The first kappa shape index (κ1) is 32.2. The van der Waals surface area contributed by atoms with E-state index in [2.05, 4.69) is 75.7 Å². The summed E-state index contributed by atoms with van der Waals surface area (Å²) < 4.78 is 12.9. The highest BCUT2D eigenvalue weighted by molar-refractivity contribution is 6.30. The number of hydrogen-bond donors (Lipinski definition) is 1. The number of halogens is 1. The van der Waals surface area contributed by atoms with Crippen molar-refractivity contribution in [3.8, 4) is 5.75 Å². The maximum atomic E-state index is 13.4. The van der Waals surface area contributed by atoms with Crippen molar-refractivity contribution in [3.05, 3.63) is 99.2 Å². The standard InChI is InChI=1S/C36H43ClN2O4/c1-21(2)39-23(4)32(18-25-16-29(37)20-30(17-25)43-24(5)35(41)42-9)31-15-12-27(19-33(31)39)34(40)38-22(3)26-10-13-28(14-11-26)36(6,7)8/h10-17,19-22,24H,18H2,1-9H3,(H,38,40)/t22-,24+/m0/s1. The maximum absolute atomic E-state index is 13.4. The van der Waals surface area contributed by atoms with Crippen molar-refractivity contribution in [3.63, 3.8) is 0 Å². The van der Waals surface area contributed by atoms with Gasteiger partial charge in [0.05, 0.1) is 13.2 Å². The van der Waals surface area contributed by atoms with Crippen LogP contribution in [0.2, 0.25) is 5.02 Å². The van der Waals surface area contributed by atoms with Crippen LogP contribution in [0.25, 0.3) is 10.9 Å². The molecule has 7 heteroatoms. The molecule has 1 heterocycles. The third kappa shape index (κ3) is 7.24. The van der Waals surface area contributed by atoms with Gasteiger partial charge in [-0.1, -0.05) is 62.7 Å². The number of fused-ring (bicyclic) bond motifs is 1. The van der Waals surface area contributed by atoms with Crippen molar-refractivity contribution in [1.82, 2.24) is 9.88 Å². The fraction of sp³-hybridized carbons (Fsp3) is 0.389. The summed E-state index contributed by atoms with van der Waals surface area (Å²) in [6.45, 7) is 16.6. The lowest BCUT2D eigenvalue weighted by atomic mass is 9.86. The van der Waals surface area contributed by atoms with E-state index in [1.54, 1.807) is 13.0 Å². The van der Waals surface area contributed by atoms with Crippen LogP contribution in [0.5, 0.6) is 5.75 Å². The zero-order chi connectivity index (χ0) is 31.6. The Morgan fingerprint density at radius 1 is 0.953 bits per heavy atom. The minimum Gasteiger partial charge on any atom is -0.479 e. The number of nitrogens with one attached hydrogen (secondary N) is 1. The molecule has 0 bridgehead atoms. The van der Waals surface area contributed by atoms with E-state index >= 15 is 0 Å². The number of carbonyl (C=O) groups excluding carboxylic acids is 2. The van der Waals surface area contributed by atoms with Crippen molar-refractivity contribution in [1.29, 1.82) is 0 Å². The van der Waals surface area contributed by atoms with Crippen LogP contribution in [0.1, 0.15) is 98.9 Å². The fourth-order valence-electron chi connectivity index (χ4n) is 5.59. The Morgan fingerprint density at radius 2 is 1.63 bits per heavy atom. The molecule has 3 aromatic carbocycles. The molecule has 0 fully saturated rings. The van der Waals surface area contributed by atoms with Gasteiger partial charge in [-0.25, -0.2) is 4.79 Å². The Bertz CT molecular complexity index is 1630. The van der Waals surface area contributed by atoms with Crippen LogP contribution in [0.15, 0.2) is 60.7 Å². The third-order valence-corrected chi connectivity index (χ3v) is 8.16. The Labute approximate surface area is 260 Å². The van der Waals surface area contributed by atoms with Crippen molar-refractivity contribution in [2.75, 3.05) is 7.11 Å². The second kappa shape index (κ2) is 12.8. The zero-order valence-electron chi connectivity index (χ0n) is 26.7. The summed E-state index contributed by atoms with van der Waals surface area (Å²) in [4.78, 5) is 25.3. The van der Waals surface area contributed by atoms with Gasteiger partial charge >= 0.3 is 5.97 Å². The second-order valence-corrected chi connectivity index (χ2v) is 13.0. The van der Waals surface area contributed by atoms with Crippen LogP contribution in [0, 0.1) is 6.92 Å². The quantitative estimate of drug-likeness (QED) is 0.195. The lowest BCUT2D eigenvalue weighted by Crippen LogP contribution is -2.26. The third-order valence-electron chi connectivity index (χ3n) is 7.94. The number of nitrogens with zero attached hydrogens (tertiary/aromatic N) is 1. The minimum absolute atomic E-state index is 0.0780. The van der Waals surface area contributed by atoms with E-state index < -0.39 is 12.1 Å². The monoisotopic (exact) mass is 602 g/mol. The van der Waals surface area contributed by atoms with Crippen molar-refractivity contribution in [2.45, 2.75) is 85.4 Å². The molecule has 0 saturated heterocycles. The molecule has 1 amide bonds. The van der Waals surface area contributed by atoms with Crippen LogP contribution in [-0.4, -0.2) is 29.7 Å². The first-order valence-electron chi connectivity index (χ1n) is 14.8. The molecule has 228 valence electrons. The van der Waals surface area contributed by atoms with Gasteiger partial charge in [0, 0.05) is 39.6 Å². The van der Waals surface area contributed by atoms with E-state index in [4.69, 9.17) is 21.1 Å². The molecule has 4 rings (SSSR count). The molecule has 0 unspecified atom stereocenters. The highest BCUT2D eigenvalue weighted by atomic mass is 35.5. The van der Waals surface area contributed by atoms with Gasteiger partial charge in [-0.05, 0) is 92.6 Å². The summed E-state index contributed by atoms with van der Waals surface area (Å²) in [6, 6.07) is 19.9. The van der Waals surface area contributed by atoms with Gasteiger partial charge in [0.15, 0.2) is 6.10 Å². The molecule has 0 spiro atoms. The van der Waals surface area contributed by atoms with Crippen LogP contribution >= 0.6 is 11.6 Å². The first-order valence-corrected chi connectivity index (χ1v) is 15.2. The van der Waals surface area contributed by atoms with Gasteiger partial charge in [0.25, 0.3) is 5.91 Å². The van der Waals surface area contributed by atoms with Gasteiger partial charge in [0.1, 0.15) is 5.75 Å². The summed E-state index contributed by atoms with van der Waals surface area (Å²) in [5, 5.41) is 4.78. The predicted octanol–water partition coefficient (Wildman–Crippen LogP) is 8.50. The van der Waals surface area contributed by atoms with Gasteiger partial charge in [-0.15, -0.1) is 0 Å². The SMILES string of the molecule is COC(=O)[C@@H](C)Oc1cc(Cl)cc(Cc2c(C)n(C(C)C)c3cc(C(=O)N[C@@H](C)c4ccc(C(C)(C)C)cc4)ccc23)c1. The van der Waals surface area contributed by atoms with E-state index in [1.807, 2.05) is 37.3 Å². The Morgan fingerprint density at radius 3 is 2.23 bits per heavy atom. The van der Waals surface area contributed by atoms with E-state index in [0.29, 0.717) is 22.8 Å². The lowest BCUT2D eigenvalue weighted by molar-refractivity contribution is -0.147. The van der Waals surface area contributed by atoms with Gasteiger partial charge in [-0.2, -0.15) is 0 Å². The molecular weight excluding hydrogens is 560 g/mol. The molecule has 0 aliphatic rings. The summed E-state index contributed by atoms with van der Waals surface area (Å²) in [5.74, 6) is -0.0572. The largest absolute Gasteiger partial charge is 0.479 e. The summed E-state index contributed by atoms with van der Waals surface area (Å²) in [7, 11) is 1.33.